The fourth-order valence-corrected chi connectivity index (χ4v) is 3.67. The summed E-state index contributed by atoms with van der Waals surface area (Å²) < 4.78 is 5.86. The number of ether oxygens (including phenoxy) is 1. The highest BCUT2D eigenvalue weighted by molar-refractivity contribution is 5.76. The summed E-state index contributed by atoms with van der Waals surface area (Å²) in [5.74, 6) is 1.07. The highest BCUT2D eigenvalue weighted by Crippen LogP contribution is 2.27. The number of carbonyl (C=O) groups excluding carboxylic acids is 1. The van der Waals surface area contributed by atoms with E-state index in [-0.39, 0.29) is 23.6 Å². The van der Waals surface area contributed by atoms with Gasteiger partial charge in [0.1, 0.15) is 12.2 Å². The zero-order chi connectivity index (χ0) is 16.8. The lowest BCUT2D eigenvalue weighted by molar-refractivity contribution is -0.135. The monoisotopic (exact) mass is 328 g/mol. The van der Waals surface area contributed by atoms with E-state index in [1.54, 1.807) is 0 Å². The van der Waals surface area contributed by atoms with Crippen molar-refractivity contribution in [3.8, 4) is 11.9 Å². The Morgan fingerprint density at radius 2 is 2.00 bits per heavy atom. The third-order valence-corrected chi connectivity index (χ3v) is 4.97. The number of likely N-dealkylation sites (tertiary alicyclic amines) is 1. The van der Waals surface area contributed by atoms with Gasteiger partial charge in [0.05, 0.1) is 6.54 Å². The number of nitriles is 1. The van der Waals surface area contributed by atoms with Crippen LogP contribution in [0.3, 0.4) is 0 Å². The van der Waals surface area contributed by atoms with Crippen LogP contribution in [0.25, 0.3) is 0 Å². The van der Waals surface area contributed by atoms with Crippen molar-refractivity contribution in [2.45, 2.75) is 57.5 Å². The summed E-state index contributed by atoms with van der Waals surface area (Å²) in [6.45, 7) is 1.38. The predicted octanol–water partition coefficient (Wildman–Crippen LogP) is 2.69. The Morgan fingerprint density at radius 1 is 1.21 bits per heavy atom. The quantitative estimate of drug-likeness (QED) is 0.849. The smallest absolute Gasteiger partial charge is 0.251 e. The molecule has 1 atom stereocenters. The van der Waals surface area contributed by atoms with Gasteiger partial charge >= 0.3 is 0 Å². The maximum absolute atomic E-state index is 12.6. The molecule has 0 radical (unpaired) electrons. The first kappa shape index (κ1) is 16.7. The Labute approximate surface area is 142 Å². The lowest BCUT2D eigenvalue weighted by atomic mass is 9.86. The van der Waals surface area contributed by atoms with E-state index in [1.807, 2.05) is 11.0 Å². The average Bonchev–Trinajstić information content (AvgIpc) is 2.63. The van der Waals surface area contributed by atoms with E-state index in [0.717, 1.165) is 19.4 Å². The SMILES string of the molecule is N#Cc1nccnc1OC1CCCN(C(=O)CC2CCCCC2)C1. The highest BCUT2D eigenvalue weighted by Gasteiger charge is 2.27. The number of nitrogens with zero attached hydrogens (tertiary/aromatic N) is 4. The summed E-state index contributed by atoms with van der Waals surface area (Å²) >= 11 is 0. The molecule has 1 aliphatic carbocycles. The minimum absolute atomic E-state index is 0.113. The van der Waals surface area contributed by atoms with Crippen LogP contribution in [0.4, 0.5) is 0 Å². The van der Waals surface area contributed by atoms with Crippen LogP contribution in [0.1, 0.15) is 57.1 Å². The van der Waals surface area contributed by atoms with Crippen LogP contribution in [-0.2, 0) is 4.79 Å². The minimum atomic E-state index is -0.113. The zero-order valence-corrected chi connectivity index (χ0v) is 14.0. The molecule has 2 aliphatic rings. The van der Waals surface area contributed by atoms with E-state index in [0.29, 0.717) is 18.9 Å². The van der Waals surface area contributed by atoms with Gasteiger partial charge < -0.3 is 9.64 Å². The molecule has 6 heteroatoms. The Kier molecular flexibility index (Phi) is 5.63. The maximum Gasteiger partial charge on any atom is 0.251 e. The van der Waals surface area contributed by atoms with E-state index in [2.05, 4.69) is 9.97 Å². The van der Waals surface area contributed by atoms with Crippen molar-refractivity contribution in [3.63, 3.8) is 0 Å². The number of carbonyl (C=O) groups is 1. The van der Waals surface area contributed by atoms with Crippen LogP contribution in [0.15, 0.2) is 12.4 Å². The molecule has 128 valence electrons. The summed E-state index contributed by atoms with van der Waals surface area (Å²) in [6.07, 6.45) is 11.5. The molecular formula is C18H24N4O2. The molecule has 1 aliphatic heterocycles. The van der Waals surface area contributed by atoms with Crippen molar-refractivity contribution in [1.29, 1.82) is 5.26 Å². The molecule has 1 unspecified atom stereocenters. The third-order valence-electron chi connectivity index (χ3n) is 4.97. The van der Waals surface area contributed by atoms with Gasteiger partial charge in [0.2, 0.25) is 11.6 Å². The van der Waals surface area contributed by atoms with Gasteiger partial charge in [-0.15, -0.1) is 0 Å². The molecule has 0 aromatic carbocycles. The molecule has 1 aromatic heterocycles. The van der Waals surface area contributed by atoms with E-state index in [9.17, 15) is 4.79 Å². The van der Waals surface area contributed by atoms with Crippen molar-refractivity contribution in [1.82, 2.24) is 14.9 Å². The molecule has 1 aromatic rings. The Morgan fingerprint density at radius 3 is 2.79 bits per heavy atom. The number of piperidine rings is 1. The Hall–Kier alpha value is -2.16. The molecule has 6 nitrogen and oxygen atoms in total. The predicted molar refractivity (Wildman–Crippen MR) is 88.2 cm³/mol. The first-order valence-corrected chi connectivity index (χ1v) is 8.92. The highest BCUT2D eigenvalue weighted by atomic mass is 16.5. The lowest BCUT2D eigenvalue weighted by Crippen LogP contribution is -2.45. The van der Waals surface area contributed by atoms with Gasteiger partial charge in [-0.25, -0.2) is 9.97 Å². The Bertz CT molecular complexity index is 607. The molecule has 1 amide bonds. The number of amides is 1. The number of rotatable bonds is 4. The number of aromatic nitrogens is 2. The zero-order valence-electron chi connectivity index (χ0n) is 14.0. The van der Waals surface area contributed by atoms with Gasteiger partial charge in [-0.1, -0.05) is 19.3 Å². The summed E-state index contributed by atoms with van der Waals surface area (Å²) in [5, 5.41) is 9.07. The van der Waals surface area contributed by atoms with Crippen LogP contribution in [-0.4, -0.2) is 40.0 Å². The average molecular weight is 328 g/mol. The summed E-state index contributed by atoms with van der Waals surface area (Å²) in [4.78, 5) is 22.6. The van der Waals surface area contributed by atoms with Crippen LogP contribution < -0.4 is 4.74 Å². The second-order valence-electron chi connectivity index (χ2n) is 6.75. The van der Waals surface area contributed by atoms with Crippen molar-refractivity contribution in [3.05, 3.63) is 18.1 Å². The summed E-state index contributed by atoms with van der Waals surface area (Å²) in [5.41, 5.74) is 0.197. The molecule has 1 saturated carbocycles. The molecule has 2 heterocycles. The fourth-order valence-electron chi connectivity index (χ4n) is 3.67. The van der Waals surface area contributed by atoms with Crippen LogP contribution >= 0.6 is 0 Å². The van der Waals surface area contributed by atoms with Gasteiger partial charge in [-0.05, 0) is 31.6 Å². The van der Waals surface area contributed by atoms with E-state index < -0.39 is 0 Å². The third kappa shape index (κ3) is 4.22. The molecule has 24 heavy (non-hydrogen) atoms. The standard InChI is InChI=1S/C18H24N4O2/c19-12-16-18(21-9-8-20-16)24-15-7-4-10-22(13-15)17(23)11-14-5-2-1-3-6-14/h8-9,14-15H,1-7,10-11,13H2. The minimum Gasteiger partial charge on any atom is -0.470 e. The first-order chi connectivity index (χ1) is 11.8. The summed E-state index contributed by atoms with van der Waals surface area (Å²) in [7, 11) is 0. The molecule has 1 saturated heterocycles. The van der Waals surface area contributed by atoms with E-state index in [4.69, 9.17) is 10.00 Å². The summed E-state index contributed by atoms with van der Waals surface area (Å²) in [6, 6.07) is 1.99. The van der Waals surface area contributed by atoms with E-state index >= 15 is 0 Å². The van der Waals surface area contributed by atoms with Crippen LogP contribution in [0, 0.1) is 17.2 Å². The maximum atomic E-state index is 12.6. The van der Waals surface area contributed by atoms with Crippen molar-refractivity contribution in [2.24, 2.45) is 5.92 Å². The largest absolute Gasteiger partial charge is 0.470 e. The topological polar surface area (TPSA) is 79.1 Å². The molecule has 0 bridgehead atoms. The van der Waals surface area contributed by atoms with Crippen LogP contribution in [0.5, 0.6) is 5.88 Å². The van der Waals surface area contributed by atoms with Gasteiger partial charge in [0.25, 0.3) is 5.88 Å². The van der Waals surface area contributed by atoms with Gasteiger partial charge in [-0.3, -0.25) is 4.79 Å². The van der Waals surface area contributed by atoms with Crippen molar-refractivity contribution in [2.75, 3.05) is 13.1 Å². The number of hydrogen-bond donors (Lipinski definition) is 0. The fraction of sp³-hybridized carbons (Fsp3) is 0.667. The second kappa shape index (κ2) is 8.09. The molecule has 2 fully saturated rings. The van der Waals surface area contributed by atoms with Gasteiger partial charge in [0.15, 0.2) is 0 Å². The Balaban J connectivity index is 1.55. The van der Waals surface area contributed by atoms with Crippen LogP contribution in [0.2, 0.25) is 0 Å². The van der Waals surface area contributed by atoms with Crippen molar-refractivity contribution < 1.29 is 9.53 Å². The van der Waals surface area contributed by atoms with Gasteiger partial charge in [0, 0.05) is 25.4 Å². The first-order valence-electron chi connectivity index (χ1n) is 8.92. The lowest BCUT2D eigenvalue weighted by Gasteiger charge is -2.34. The molecule has 3 rings (SSSR count). The van der Waals surface area contributed by atoms with Gasteiger partial charge in [-0.2, -0.15) is 5.26 Å². The van der Waals surface area contributed by atoms with E-state index in [1.165, 1.54) is 44.5 Å². The number of hydrogen-bond acceptors (Lipinski definition) is 5. The molecular weight excluding hydrogens is 304 g/mol. The second-order valence-corrected chi connectivity index (χ2v) is 6.75. The normalized spacial score (nSPS) is 22.0. The molecule has 0 N–H and O–H groups in total. The molecule has 0 spiro atoms. The van der Waals surface area contributed by atoms with Crippen molar-refractivity contribution >= 4 is 5.91 Å².